The molecule has 1 heterocycles. The Morgan fingerprint density at radius 1 is 1.07 bits per heavy atom. The molecule has 0 aliphatic heterocycles. The van der Waals surface area contributed by atoms with Crippen LogP contribution < -0.4 is 0 Å². The number of benzene rings is 1. The highest BCUT2D eigenvalue weighted by atomic mass is 16.6. The number of nitro groups is 1. The Balaban J connectivity index is 2.98. The van der Waals surface area contributed by atoms with E-state index in [0.29, 0.717) is 22.2 Å². The third kappa shape index (κ3) is 1.18. The van der Waals surface area contributed by atoms with Crippen molar-refractivity contribution in [2.45, 2.75) is 20.8 Å². The molecule has 78 valence electrons. The normalized spacial score (nSPS) is 10.9. The summed E-state index contributed by atoms with van der Waals surface area (Å²) in [4.78, 5) is 10.5. The maximum absolute atomic E-state index is 10.9. The fourth-order valence-corrected chi connectivity index (χ4v) is 1.70. The monoisotopic (exact) mass is 207 g/mol. The van der Waals surface area contributed by atoms with Crippen molar-refractivity contribution in [1.29, 1.82) is 0 Å². The molecule has 0 saturated carbocycles. The van der Waals surface area contributed by atoms with Crippen molar-refractivity contribution in [2.24, 2.45) is 0 Å². The van der Waals surface area contributed by atoms with E-state index < -0.39 is 4.92 Å². The Morgan fingerprint density at radius 3 is 2.13 bits per heavy atom. The van der Waals surface area contributed by atoms with Gasteiger partial charge in [-0.2, -0.15) is 0 Å². The van der Waals surface area contributed by atoms with Gasteiger partial charge in [-0.25, -0.2) is 4.63 Å². The molecule has 0 saturated heterocycles. The largest absolute Gasteiger partial charge is 0.277 e. The molecule has 0 amide bonds. The Morgan fingerprint density at radius 2 is 1.60 bits per heavy atom. The second-order valence-electron chi connectivity index (χ2n) is 3.44. The van der Waals surface area contributed by atoms with Crippen LogP contribution in [0.5, 0.6) is 0 Å². The summed E-state index contributed by atoms with van der Waals surface area (Å²) in [5.74, 6) is 0. The van der Waals surface area contributed by atoms with Crippen molar-refractivity contribution in [3.8, 4) is 0 Å². The van der Waals surface area contributed by atoms with Crippen LogP contribution in [0.15, 0.2) is 4.63 Å². The molecule has 6 nitrogen and oxygen atoms in total. The van der Waals surface area contributed by atoms with Gasteiger partial charge >= 0.3 is 0 Å². The molecule has 0 unspecified atom stereocenters. The van der Waals surface area contributed by atoms with Crippen LogP contribution in [0.2, 0.25) is 0 Å². The van der Waals surface area contributed by atoms with E-state index in [1.807, 2.05) is 0 Å². The van der Waals surface area contributed by atoms with Gasteiger partial charge in [0.05, 0.1) is 10.5 Å². The number of aromatic nitrogens is 2. The second-order valence-corrected chi connectivity index (χ2v) is 3.44. The van der Waals surface area contributed by atoms with Crippen LogP contribution in [0.3, 0.4) is 0 Å². The summed E-state index contributed by atoms with van der Waals surface area (Å²) in [6, 6.07) is 0. The molecule has 0 aliphatic rings. The minimum absolute atomic E-state index is 0.0932. The molecule has 2 rings (SSSR count). The summed E-state index contributed by atoms with van der Waals surface area (Å²) in [7, 11) is 0. The fraction of sp³-hybridized carbons (Fsp3) is 0.333. The zero-order chi connectivity index (χ0) is 11.2. The van der Waals surface area contributed by atoms with Crippen LogP contribution in [0.1, 0.15) is 16.7 Å². The predicted octanol–water partition coefficient (Wildman–Crippen LogP) is 2.06. The number of aryl methyl sites for hydroxylation is 2. The molecule has 0 fully saturated rings. The Bertz CT molecular complexity index is 559. The van der Waals surface area contributed by atoms with E-state index >= 15 is 0 Å². The molecule has 1 aromatic carbocycles. The minimum atomic E-state index is -0.397. The summed E-state index contributed by atoms with van der Waals surface area (Å²) in [6.45, 7) is 5.12. The summed E-state index contributed by atoms with van der Waals surface area (Å²) in [5, 5.41) is 18.3. The smallest absolute Gasteiger partial charge is 0.258 e. The van der Waals surface area contributed by atoms with Crippen LogP contribution in [-0.4, -0.2) is 15.2 Å². The van der Waals surface area contributed by atoms with Crippen molar-refractivity contribution >= 4 is 16.7 Å². The van der Waals surface area contributed by atoms with Gasteiger partial charge in [0, 0.05) is 5.56 Å². The van der Waals surface area contributed by atoms with Crippen molar-refractivity contribution in [3.05, 3.63) is 26.8 Å². The van der Waals surface area contributed by atoms with Gasteiger partial charge in [-0.15, -0.1) is 0 Å². The van der Waals surface area contributed by atoms with Crippen LogP contribution in [0.25, 0.3) is 11.0 Å². The maximum atomic E-state index is 10.9. The molecular formula is C9H9N3O3. The number of rotatable bonds is 1. The zero-order valence-electron chi connectivity index (χ0n) is 8.57. The van der Waals surface area contributed by atoms with Crippen LogP contribution >= 0.6 is 0 Å². The van der Waals surface area contributed by atoms with E-state index in [4.69, 9.17) is 0 Å². The first kappa shape index (κ1) is 9.57. The van der Waals surface area contributed by atoms with Crippen LogP contribution in [0.4, 0.5) is 5.69 Å². The summed E-state index contributed by atoms with van der Waals surface area (Å²) in [6.07, 6.45) is 0. The first-order valence-corrected chi connectivity index (χ1v) is 4.40. The Kier molecular flexibility index (Phi) is 1.92. The van der Waals surface area contributed by atoms with Crippen molar-refractivity contribution in [2.75, 3.05) is 0 Å². The lowest BCUT2D eigenvalue weighted by molar-refractivity contribution is -0.385. The van der Waals surface area contributed by atoms with Gasteiger partial charge in [0.15, 0.2) is 0 Å². The van der Waals surface area contributed by atoms with Crippen molar-refractivity contribution in [1.82, 2.24) is 10.3 Å². The standard InChI is InChI=1S/C9H9N3O3/c1-4-5(2)9(12(13)14)6(3)8-7(4)10-15-11-8/h1-3H3. The topological polar surface area (TPSA) is 82.1 Å². The molecule has 6 heteroatoms. The number of hydrogen-bond acceptors (Lipinski definition) is 5. The van der Waals surface area contributed by atoms with Gasteiger partial charge in [-0.05, 0) is 36.6 Å². The predicted molar refractivity (Wildman–Crippen MR) is 52.7 cm³/mol. The van der Waals surface area contributed by atoms with E-state index in [2.05, 4.69) is 14.9 Å². The molecule has 1 aromatic heterocycles. The lowest BCUT2D eigenvalue weighted by atomic mass is 10.0. The molecule has 2 aromatic rings. The average Bonchev–Trinajstić information content (AvgIpc) is 2.62. The Labute approximate surface area is 85.0 Å². The van der Waals surface area contributed by atoms with Gasteiger partial charge in [-0.3, -0.25) is 10.1 Å². The van der Waals surface area contributed by atoms with Gasteiger partial charge in [-0.1, -0.05) is 0 Å². The molecule has 0 atom stereocenters. The van der Waals surface area contributed by atoms with E-state index in [1.165, 1.54) is 0 Å². The molecule has 0 N–H and O–H groups in total. The van der Waals surface area contributed by atoms with Gasteiger partial charge in [0.1, 0.15) is 11.0 Å². The SMILES string of the molecule is Cc1c([N+](=O)[O-])c(C)c2nonc2c1C. The molecule has 0 aliphatic carbocycles. The van der Waals surface area contributed by atoms with E-state index in [0.717, 1.165) is 5.56 Å². The van der Waals surface area contributed by atoms with Gasteiger partial charge in [0.25, 0.3) is 5.69 Å². The molecule has 0 radical (unpaired) electrons. The minimum Gasteiger partial charge on any atom is -0.258 e. The second kappa shape index (κ2) is 3.01. The molecular weight excluding hydrogens is 198 g/mol. The summed E-state index contributed by atoms with van der Waals surface area (Å²) >= 11 is 0. The molecule has 0 spiro atoms. The van der Waals surface area contributed by atoms with Gasteiger partial charge < -0.3 is 0 Å². The quantitative estimate of drug-likeness (QED) is 0.528. The highest BCUT2D eigenvalue weighted by Gasteiger charge is 2.23. The third-order valence-corrected chi connectivity index (χ3v) is 2.65. The van der Waals surface area contributed by atoms with E-state index in [9.17, 15) is 10.1 Å². The number of hydrogen-bond donors (Lipinski definition) is 0. The molecule has 15 heavy (non-hydrogen) atoms. The van der Waals surface area contributed by atoms with Crippen LogP contribution in [0, 0.1) is 30.9 Å². The summed E-state index contributed by atoms with van der Waals surface area (Å²) in [5.41, 5.74) is 3.00. The highest BCUT2D eigenvalue weighted by Crippen LogP contribution is 2.32. The van der Waals surface area contributed by atoms with E-state index in [1.54, 1.807) is 20.8 Å². The number of nitro benzene ring substituents is 1. The number of nitrogens with zero attached hydrogens (tertiary/aromatic N) is 3. The first-order valence-electron chi connectivity index (χ1n) is 4.40. The first-order chi connectivity index (χ1) is 7.04. The molecule has 0 bridgehead atoms. The fourth-order valence-electron chi connectivity index (χ4n) is 1.70. The average molecular weight is 207 g/mol. The third-order valence-electron chi connectivity index (χ3n) is 2.65. The Hall–Kier alpha value is -1.98. The van der Waals surface area contributed by atoms with Gasteiger partial charge in [0.2, 0.25) is 0 Å². The summed E-state index contributed by atoms with van der Waals surface area (Å²) < 4.78 is 4.59. The van der Waals surface area contributed by atoms with E-state index in [-0.39, 0.29) is 5.69 Å². The van der Waals surface area contributed by atoms with Crippen molar-refractivity contribution < 1.29 is 9.55 Å². The van der Waals surface area contributed by atoms with Crippen LogP contribution in [-0.2, 0) is 0 Å². The number of fused-ring (bicyclic) bond motifs is 1. The highest BCUT2D eigenvalue weighted by molar-refractivity contribution is 5.86. The lowest BCUT2D eigenvalue weighted by Gasteiger charge is -2.04. The maximum Gasteiger partial charge on any atom is 0.277 e. The lowest BCUT2D eigenvalue weighted by Crippen LogP contribution is -1.98. The van der Waals surface area contributed by atoms with Crippen molar-refractivity contribution in [3.63, 3.8) is 0 Å². The zero-order valence-corrected chi connectivity index (χ0v) is 8.57.